The quantitative estimate of drug-likeness (QED) is 0.397. The Morgan fingerprint density at radius 1 is 1.26 bits per heavy atom. The van der Waals surface area contributed by atoms with Crippen molar-refractivity contribution in [3.63, 3.8) is 0 Å². The van der Waals surface area contributed by atoms with Crippen LogP contribution in [-0.2, 0) is 9.47 Å². The first-order valence-electron chi connectivity index (χ1n) is 5.39. The lowest BCUT2D eigenvalue weighted by atomic mass is 10.0. The molecule has 0 amide bonds. The summed E-state index contributed by atoms with van der Waals surface area (Å²) in [5.74, 6) is -0.772. The van der Waals surface area contributed by atoms with Crippen molar-refractivity contribution in [3.05, 3.63) is 28.8 Å². The molecule has 1 rings (SSSR count). The highest BCUT2D eigenvalue weighted by atomic mass is 19.4. The minimum absolute atomic E-state index is 0.207. The average Bonchev–Trinajstić information content (AvgIpc) is 2.28. The maximum absolute atomic E-state index is 11.8. The third-order valence-electron chi connectivity index (χ3n) is 2.37. The fraction of sp³-hybridized carbons (Fsp3) is 0.417. The molecule has 106 valence electrons. The van der Waals surface area contributed by atoms with Crippen LogP contribution in [0, 0.1) is 13.8 Å². The number of ether oxygens (including phenoxy) is 2. The smallest absolute Gasteiger partial charge is 0.411 e. The number of aryl methyl sites for hydroxylation is 2. The number of rotatable bonds is 4. The van der Waals surface area contributed by atoms with E-state index in [0.717, 1.165) is 5.56 Å². The molecule has 0 aromatic heterocycles. The van der Waals surface area contributed by atoms with E-state index in [0.29, 0.717) is 11.3 Å². The van der Waals surface area contributed by atoms with Crippen LogP contribution < -0.4 is 5.73 Å². The molecule has 2 N–H and O–H groups in total. The summed E-state index contributed by atoms with van der Waals surface area (Å²) >= 11 is 0. The van der Waals surface area contributed by atoms with Gasteiger partial charge in [-0.3, -0.25) is 0 Å². The lowest BCUT2D eigenvalue weighted by Crippen LogP contribution is -2.19. The molecule has 1 aromatic rings. The van der Waals surface area contributed by atoms with Gasteiger partial charge in [0.25, 0.3) is 0 Å². The Balaban J connectivity index is 2.57. The summed E-state index contributed by atoms with van der Waals surface area (Å²) in [5, 5.41) is 0. The largest absolute Gasteiger partial charge is 0.435 e. The van der Waals surface area contributed by atoms with Gasteiger partial charge >= 0.3 is 12.1 Å². The Kier molecular flexibility index (Phi) is 4.77. The van der Waals surface area contributed by atoms with Crippen LogP contribution in [0.25, 0.3) is 0 Å². The molecule has 0 bridgehead atoms. The lowest BCUT2D eigenvalue weighted by Gasteiger charge is -2.11. The molecular formula is C12H14F3NO3. The Morgan fingerprint density at radius 2 is 1.89 bits per heavy atom. The molecule has 1 aromatic carbocycles. The van der Waals surface area contributed by atoms with Gasteiger partial charge in [-0.25, -0.2) is 4.79 Å². The molecule has 0 aliphatic carbocycles. The van der Waals surface area contributed by atoms with Crippen molar-refractivity contribution in [2.75, 3.05) is 19.1 Å². The minimum Gasteiger partial charge on any atom is -0.435 e. The van der Waals surface area contributed by atoms with E-state index < -0.39 is 25.5 Å². The van der Waals surface area contributed by atoms with Gasteiger partial charge in [-0.15, -0.1) is 0 Å². The van der Waals surface area contributed by atoms with E-state index in [1.807, 2.05) is 0 Å². The van der Waals surface area contributed by atoms with Gasteiger partial charge in [-0.05, 0) is 31.0 Å². The second-order valence-corrected chi connectivity index (χ2v) is 4.04. The molecule has 0 aliphatic heterocycles. The Hall–Kier alpha value is -1.76. The van der Waals surface area contributed by atoms with Crippen molar-refractivity contribution in [1.82, 2.24) is 0 Å². The van der Waals surface area contributed by atoms with E-state index in [4.69, 9.17) is 5.73 Å². The van der Waals surface area contributed by atoms with Crippen molar-refractivity contribution >= 4 is 11.7 Å². The molecule has 0 aliphatic rings. The van der Waals surface area contributed by atoms with E-state index >= 15 is 0 Å². The maximum Gasteiger partial charge on any atom is 0.411 e. The number of halogens is 3. The predicted octanol–water partition coefficient (Wildman–Crippen LogP) is 2.58. The van der Waals surface area contributed by atoms with Gasteiger partial charge in [0.05, 0.1) is 5.56 Å². The first-order valence-corrected chi connectivity index (χ1v) is 5.39. The molecule has 0 unspecified atom stereocenters. The van der Waals surface area contributed by atoms with Crippen LogP contribution >= 0.6 is 0 Å². The molecule has 0 radical (unpaired) electrons. The number of hydrogen-bond donors (Lipinski definition) is 1. The van der Waals surface area contributed by atoms with Gasteiger partial charge in [-0.1, -0.05) is 6.07 Å². The molecule has 19 heavy (non-hydrogen) atoms. The maximum atomic E-state index is 11.8. The number of carbonyl (C=O) groups is 1. The number of benzene rings is 1. The minimum atomic E-state index is -4.45. The van der Waals surface area contributed by atoms with Crippen molar-refractivity contribution in [2.24, 2.45) is 0 Å². The molecule has 0 heterocycles. The summed E-state index contributed by atoms with van der Waals surface area (Å²) in [6.45, 7) is 1.24. The molecule has 0 saturated carbocycles. The van der Waals surface area contributed by atoms with Crippen LogP contribution in [0.1, 0.15) is 21.5 Å². The number of carbonyl (C=O) groups excluding carboxylic acids is 1. The molecule has 4 nitrogen and oxygen atoms in total. The van der Waals surface area contributed by atoms with Crippen molar-refractivity contribution in [1.29, 1.82) is 0 Å². The summed E-state index contributed by atoms with van der Waals surface area (Å²) in [6.07, 6.45) is -4.45. The van der Waals surface area contributed by atoms with Crippen LogP contribution in [0.3, 0.4) is 0 Å². The highest BCUT2D eigenvalue weighted by molar-refractivity contribution is 5.92. The average molecular weight is 277 g/mol. The van der Waals surface area contributed by atoms with Crippen molar-refractivity contribution in [2.45, 2.75) is 20.0 Å². The van der Waals surface area contributed by atoms with E-state index in [1.165, 1.54) is 6.07 Å². The second kappa shape index (κ2) is 5.92. The normalized spacial score (nSPS) is 11.4. The molecule has 0 atom stereocenters. The van der Waals surface area contributed by atoms with E-state index in [2.05, 4.69) is 9.47 Å². The zero-order valence-electron chi connectivity index (χ0n) is 10.5. The number of nitrogen functional groups attached to an aromatic ring is 1. The topological polar surface area (TPSA) is 61.5 Å². The Morgan fingerprint density at radius 3 is 2.47 bits per heavy atom. The van der Waals surface area contributed by atoms with Crippen LogP contribution in [0.15, 0.2) is 12.1 Å². The Bertz CT molecular complexity index is 472. The van der Waals surface area contributed by atoms with Gasteiger partial charge in [0.1, 0.15) is 6.61 Å². The number of hydrogen-bond acceptors (Lipinski definition) is 4. The summed E-state index contributed by atoms with van der Waals surface area (Å²) in [5.41, 5.74) is 7.71. The van der Waals surface area contributed by atoms with Crippen LogP contribution in [0.5, 0.6) is 0 Å². The van der Waals surface area contributed by atoms with Crippen molar-refractivity contribution < 1.29 is 27.4 Å². The Labute approximate surface area is 108 Å². The fourth-order valence-corrected chi connectivity index (χ4v) is 1.42. The van der Waals surface area contributed by atoms with E-state index in [-0.39, 0.29) is 5.56 Å². The van der Waals surface area contributed by atoms with Crippen LogP contribution in [-0.4, -0.2) is 25.5 Å². The zero-order valence-corrected chi connectivity index (χ0v) is 10.5. The summed E-state index contributed by atoms with van der Waals surface area (Å²) in [6, 6.07) is 3.12. The van der Waals surface area contributed by atoms with Gasteiger partial charge in [0.2, 0.25) is 0 Å². The third-order valence-corrected chi connectivity index (χ3v) is 2.37. The standard InChI is InChI=1S/C12H14F3NO3/c1-7-3-8(2)10(16)4-9(7)11(17)19-6-18-5-12(13,14)15/h3-4H,5-6,16H2,1-2H3. The molecular weight excluding hydrogens is 263 g/mol. The molecule has 7 heteroatoms. The number of anilines is 1. The van der Waals surface area contributed by atoms with Crippen molar-refractivity contribution in [3.8, 4) is 0 Å². The monoisotopic (exact) mass is 277 g/mol. The van der Waals surface area contributed by atoms with Gasteiger partial charge in [-0.2, -0.15) is 13.2 Å². The zero-order chi connectivity index (χ0) is 14.6. The summed E-state index contributed by atoms with van der Waals surface area (Å²) in [7, 11) is 0. The highest BCUT2D eigenvalue weighted by Gasteiger charge is 2.27. The first-order chi connectivity index (χ1) is 8.70. The van der Waals surface area contributed by atoms with E-state index in [1.54, 1.807) is 19.9 Å². The molecule has 0 fully saturated rings. The number of nitrogens with two attached hydrogens (primary N) is 1. The highest BCUT2D eigenvalue weighted by Crippen LogP contribution is 2.19. The molecule has 0 spiro atoms. The molecule has 0 saturated heterocycles. The summed E-state index contributed by atoms with van der Waals surface area (Å²) < 4.78 is 44.1. The van der Waals surface area contributed by atoms with Crippen LogP contribution in [0.2, 0.25) is 0 Å². The SMILES string of the molecule is Cc1cc(C)c(C(=O)OCOCC(F)(F)F)cc1N. The first kappa shape index (κ1) is 15.3. The second-order valence-electron chi connectivity index (χ2n) is 4.04. The number of alkyl halides is 3. The van der Waals surface area contributed by atoms with Crippen LogP contribution in [0.4, 0.5) is 18.9 Å². The fourth-order valence-electron chi connectivity index (χ4n) is 1.42. The predicted molar refractivity (Wildman–Crippen MR) is 62.6 cm³/mol. The lowest BCUT2D eigenvalue weighted by molar-refractivity contribution is -0.190. The third kappa shape index (κ3) is 4.78. The van der Waals surface area contributed by atoms with Gasteiger partial charge in [0, 0.05) is 5.69 Å². The number of esters is 1. The van der Waals surface area contributed by atoms with E-state index in [9.17, 15) is 18.0 Å². The van der Waals surface area contributed by atoms with Gasteiger partial charge in [0.15, 0.2) is 6.79 Å². The van der Waals surface area contributed by atoms with Gasteiger partial charge < -0.3 is 15.2 Å². The summed E-state index contributed by atoms with van der Waals surface area (Å²) in [4.78, 5) is 11.6.